The van der Waals surface area contributed by atoms with E-state index in [9.17, 15) is 0 Å². The minimum atomic E-state index is 0.167. The first kappa shape index (κ1) is 13.7. The van der Waals surface area contributed by atoms with Gasteiger partial charge in [0.25, 0.3) is 0 Å². The van der Waals surface area contributed by atoms with E-state index in [2.05, 4.69) is 29.4 Å². The summed E-state index contributed by atoms with van der Waals surface area (Å²) < 4.78 is 6.14. The molecule has 4 heteroatoms. The lowest BCUT2D eigenvalue weighted by Crippen LogP contribution is -2.48. The first-order valence-electron chi connectivity index (χ1n) is 8.76. The molecule has 0 amide bonds. The SMILES string of the molecule is CCCNC(C)c1nnc(C23CC4CC(CC(C4)C2)C3)o1. The third-order valence-corrected chi connectivity index (χ3v) is 6.00. The van der Waals surface area contributed by atoms with Crippen LogP contribution in [0.5, 0.6) is 0 Å². The van der Waals surface area contributed by atoms with Crippen molar-refractivity contribution >= 4 is 0 Å². The van der Waals surface area contributed by atoms with Gasteiger partial charge in [0, 0.05) is 5.41 Å². The standard InChI is InChI=1S/C17H27N3O/c1-3-4-18-11(2)15-19-20-16(21-15)17-8-12-5-13(9-17)7-14(6-12)10-17/h11-14,18H,3-10H2,1-2H3. The molecule has 0 aliphatic heterocycles. The summed E-state index contributed by atoms with van der Waals surface area (Å²) in [7, 11) is 0. The Morgan fingerprint density at radius 2 is 1.76 bits per heavy atom. The Morgan fingerprint density at radius 3 is 2.33 bits per heavy atom. The highest BCUT2D eigenvalue weighted by Gasteiger charge is 2.54. The maximum absolute atomic E-state index is 6.14. The molecule has 0 aromatic carbocycles. The van der Waals surface area contributed by atoms with Crippen LogP contribution in [-0.2, 0) is 5.41 Å². The quantitative estimate of drug-likeness (QED) is 0.900. The van der Waals surface area contributed by atoms with Gasteiger partial charge in [-0.2, -0.15) is 0 Å². The molecule has 1 aromatic rings. The monoisotopic (exact) mass is 289 g/mol. The van der Waals surface area contributed by atoms with Crippen molar-refractivity contribution < 1.29 is 4.42 Å². The summed E-state index contributed by atoms with van der Waals surface area (Å²) in [5, 5.41) is 12.3. The predicted molar refractivity (Wildman–Crippen MR) is 80.9 cm³/mol. The zero-order valence-corrected chi connectivity index (χ0v) is 13.3. The van der Waals surface area contributed by atoms with Crippen molar-refractivity contribution in [2.75, 3.05) is 6.54 Å². The molecule has 1 unspecified atom stereocenters. The normalized spacial score (nSPS) is 38.9. The number of rotatable bonds is 5. The number of nitrogens with zero attached hydrogens (tertiary/aromatic N) is 2. The molecule has 4 saturated carbocycles. The van der Waals surface area contributed by atoms with Gasteiger partial charge in [0.15, 0.2) is 0 Å². The maximum Gasteiger partial charge on any atom is 0.233 e. The van der Waals surface area contributed by atoms with E-state index in [1.165, 1.54) is 38.5 Å². The van der Waals surface area contributed by atoms with Gasteiger partial charge < -0.3 is 9.73 Å². The van der Waals surface area contributed by atoms with Crippen LogP contribution >= 0.6 is 0 Å². The van der Waals surface area contributed by atoms with E-state index in [1.807, 2.05) is 0 Å². The molecule has 116 valence electrons. The molecule has 4 bridgehead atoms. The van der Waals surface area contributed by atoms with Crippen LogP contribution < -0.4 is 5.32 Å². The van der Waals surface area contributed by atoms with Crippen LogP contribution in [-0.4, -0.2) is 16.7 Å². The average Bonchev–Trinajstić information content (AvgIpc) is 2.94. The fourth-order valence-electron chi connectivity index (χ4n) is 5.44. The van der Waals surface area contributed by atoms with E-state index >= 15 is 0 Å². The molecule has 0 radical (unpaired) electrons. The molecular weight excluding hydrogens is 262 g/mol. The average molecular weight is 289 g/mol. The van der Waals surface area contributed by atoms with Gasteiger partial charge in [-0.1, -0.05) is 6.92 Å². The topological polar surface area (TPSA) is 51.0 Å². The van der Waals surface area contributed by atoms with Crippen molar-refractivity contribution in [1.82, 2.24) is 15.5 Å². The van der Waals surface area contributed by atoms with Gasteiger partial charge in [0.1, 0.15) is 0 Å². The van der Waals surface area contributed by atoms with Crippen molar-refractivity contribution in [3.05, 3.63) is 11.8 Å². The van der Waals surface area contributed by atoms with Gasteiger partial charge in [-0.25, -0.2) is 0 Å². The highest BCUT2D eigenvalue weighted by Crippen LogP contribution is 2.60. The third kappa shape index (κ3) is 2.32. The molecule has 0 saturated heterocycles. The summed E-state index contributed by atoms with van der Waals surface area (Å²) in [5.41, 5.74) is 0.227. The number of hydrogen-bond acceptors (Lipinski definition) is 4. The molecule has 4 aliphatic carbocycles. The lowest BCUT2D eigenvalue weighted by Gasteiger charge is -2.55. The van der Waals surface area contributed by atoms with E-state index in [4.69, 9.17) is 4.42 Å². The fourth-order valence-corrected chi connectivity index (χ4v) is 5.44. The van der Waals surface area contributed by atoms with Crippen LogP contribution in [0.15, 0.2) is 4.42 Å². The first-order valence-corrected chi connectivity index (χ1v) is 8.76. The van der Waals surface area contributed by atoms with Crippen molar-refractivity contribution in [3.8, 4) is 0 Å². The first-order chi connectivity index (χ1) is 10.2. The van der Waals surface area contributed by atoms with Crippen molar-refractivity contribution in [3.63, 3.8) is 0 Å². The van der Waals surface area contributed by atoms with Crippen LogP contribution in [0, 0.1) is 17.8 Å². The molecule has 5 rings (SSSR count). The molecule has 21 heavy (non-hydrogen) atoms. The Bertz CT molecular complexity index is 475. The lowest BCUT2D eigenvalue weighted by atomic mass is 9.49. The number of nitrogens with one attached hydrogen (secondary N) is 1. The summed E-state index contributed by atoms with van der Waals surface area (Å²) in [6.07, 6.45) is 9.35. The Labute approximate surface area is 127 Å². The zero-order chi connectivity index (χ0) is 14.4. The van der Waals surface area contributed by atoms with Crippen molar-refractivity contribution in [2.24, 2.45) is 17.8 Å². The largest absolute Gasteiger partial charge is 0.423 e. The zero-order valence-electron chi connectivity index (χ0n) is 13.3. The molecule has 4 fully saturated rings. The van der Waals surface area contributed by atoms with Gasteiger partial charge in [-0.05, 0) is 76.2 Å². The summed E-state index contributed by atoms with van der Waals surface area (Å²) in [6.45, 7) is 5.29. The molecule has 1 atom stereocenters. The molecule has 1 N–H and O–H groups in total. The fraction of sp³-hybridized carbons (Fsp3) is 0.882. The number of aromatic nitrogens is 2. The second kappa shape index (κ2) is 5.08. The predicted octanol–water partition coefficient (Wildman–Crippen LogP) is 3.60. The van der Waals surface area contributed by atoms with Crippen LogP contribution in [0.2, 0.25) is 0 Å². The molecule has 4 aliphatic rings. The highest BCUT2D eigenvalue weighted by atomic mass is 16.4. The van der Waals surface area contributed by atoms with E-state index in [1.54, 1.807) is 0 Å². The van der Waals surface area contributed by atoms with Crippen molar-refractivity contribution in [1.29, 1.82) is 0 Å². The minimum Gasteiger partial charge on any atom is -0.423 e. The Balaban J connectivity index is 1.55. The Morgan fingerprint density at radius 1 is 1.14 bits per heavy atom. The molecule has 1 aromatic heterocycles. The molecular formula is C17H27N3O. The Hall–Kier alpha value is -0.900. The smallest absolute Gasteiger partial charge is 0.233 e. The van der Waals surface area contributed by atoms with Gasteiger partial charge in [0.2, 0.25) is 11.8 Å². The van der Waals surface area contributed by atoms with Crippen molar-refractivity contribution in [2.45, 2.75) is 70.3 Å². The summed E-state index contributed by atoms with van der Waals surface area (Å²) in [4.78, 5) is 0. The highest BCUT2D eigenvalue weighted by molar-refractivity contribution is 5.15. The van der Waals surface area contributed by atoms with Gasteiger partial charge in [-0.15, -0.1) is 10.2 Å². The second-order valence-corrected chi connectivity index (χ2v) is 7.82. The van der Waals surface area contributed by atoms with Crippen LogP contribution in [0.1, 0.15) is 76.6 Å². The van der Waals surface area contributed by atoms with Crippen LogP contribution in [0.25, 0.3) is 0 Å². The van der Waals surface area contributed by atoms with E-state index in [0.29, 0.717) is 0 Å². The molecule has 1 heterocycles. The van der Waals surface area contributed by atoms with Crippen LogP contribution in [0.3, 0.4) is 0 Å². The molecule has 0 spiro atoms. The summed E-state index contributed by atoms with van der Waals surface area (Å²) >= 11 is 0. The van der Waals surface area contributed by atoms with Crippen LogP contribution in [0.4, 0.5) is 0 Å². The summed E-state index contributed by atoms with van der Waals surface area (Å²) in [6, 6.07) is 0.167. The van der Waals surface area contributed by atoms with Gasteiger partial charge >= 0.3 is 0 Å². The third-order valence-electron chi connectivity index (χ3n) is 6.00. The minimum absolute atomic E-state index is 0.167. The summed E-state index contributed by atoms with van der Waals surface area (Å²) in [5.74, 6) is 4.47. The van der Waals surface area contributed by atoms with Gasteiger partial charge in [-0.3, -0.25) is 0 Å². The van der Waals surface area contributed by atoms with E-state index in [0.717, 1.165) is 42.5 Å². The lowest BCUT2D eigenvalue weighted by molar-refractivity contribution is -0.0184. The molecule has 4 nitrogen and oxygen atoms in total. The number of hydrogen-bond donors (Lipinski definition) is 1. The van der Waals surface area contributed by atoms with E-state index < -0.39 is 0 Å². The van der Waals surface area contributed by atoms with E-state index in [-0.39, 0.29) is 11.5 Å². The Kier molecular flexibility index (Phi) is 3.32. The van der Waals surface area contributed by atoms with Gasteiger partial charge in [0.05, 0.1) is 6.04 Å². The maximum atomic E-state index is 6.14. The second-order valence-electron chi connectivity index (χ2n) is 7.82.